The van der Waals surface area contributed by atoms with E-state index in [2.05, 4.69) is 10.6 Å². The summed E-state index contributed by atoms with van der Waals surface area (Å²) in [6.45, 7) is 2.39. The Labute approximate surface area is 106 Å². The molecule has 1 unspecified atom stereocenters. The first-order valence-corrected chi connectivity index (χ1v) is 6.01. The van der Waals surface area contributed by atoms with E-state index in [0.29, 0.717) is 19.8 Å². The summed E-state index contributed by atoms with van der Waals surface area (Å²) in [6.07, 6.45) is -0.422. The molecular formula is C13H18N2O3. The lowest BCUT2D eigenvalue weighted by molar-refractivity contribution is -0.128. The Morgan fingerprint density at radius 1 is 1.56 bits per heavy atom. The maximum atomic E-state index is 12.0. The number of morpholine rings is 1. The zero-order valence-electron chi connectivity index (χ0n) is 10.4. The number of nitrogens with one attached hydrogen (secondary N) is 2. The van der Waals surface area contributed by atoms with Crippen LogP contribution in [0, 0.1) is 0 Å². The summed E-state index contributed by atoms with van der Waals surface area (Å²) in [6, 6.07) is 7.60. The van der Waals surface area contributed by atoms with Gasteiger partial charge in [0, 0.05) is 31.5 Å². The molecular weight excluding hydrogens is 232 g/mol. The number of carbonyl (C=O) groups excluding carboxylic acids is 1. The molecule has 0 saturated carbocycles. The molecule has 2 N–H and O–H groups in total. The second kappa shape index (κ2) is 6.49. The van der Waals surface area contributed by atoms with Gasteiger partial charge in [0.25, 0.3) is 5.91 Å². The van der Waals surface area contributed by atoms with Crippen molar-refractivity contribution in [3.63, 3.8) is 0 Å². The van der Waals surface area contributed by atoms with Crippen LogP contribution in [0.25, 0.3) is 0 Å². The first-order chi connectivity index (χ1) is 8.81. The number of carbonyl (C=O) groups is 1. The normalized spacial score (nSPS) is 19.5. The summed E-state index contributed by atoms with van der Waals surface area (Å²) in [5, 5.41) is 6.01. The lowest BCUT2D eigenvalue weighted by Crippen LogP contribution is -2.45. The van der Waals surface area contributed by atoms with Crippen LogP contribution in [0.2, 0.25) is 0 Å². The van der Waals surface area contributed by atoms with E-state index in [1.807, 2.05) is 24.3 Å². The SMILES string of the molecule is COCc1ccccc1NC(=O)C1CNCCO1. The van der Waals surface area contributed by atoms with Crippen LogP contribution in [0.4, 0.5) is 5.69 Å². The molecule has 0 radical (unpaired) electrons. The zero-order chi connectivity index (χ0) is 12.8. The van der Waals surface area contributed by atoms with Crippen molar-refractivity contribution in [2.75, 3.05) is 32.1 Å². The summed E-state index contributed by atoms with van der Waals surface area (Å²) in [7, 11) is 1.63. The standard InChI is InChI=1S/C13H18N2O3/c1-17-9-10-4-2-3-5-11(10)15-13(16)12-8-14-6-7-18-12/h2-5,12,14H,6-9H2,1H3,(H,15,16). The van der Waals surface area contributed by atoms with Crippen LogP contribution >= 0.6 is 0 Å². The summed E-state index contributed by atoms with van der Waals surface area (Å²) in [5.41, 5.74) is 1.73. The van der Waals surface area contributed by atoms with Gasteiger partial charge in [-0.25, -0.2) is 0 Å². The zero-order valence-corrected chi connectivity index (χ0v) is 10.4. The summed E-state index contributed by atoms with van der Waals surface area (Å²) in [5.74, 6) is -0.120. The van der Waals surface area contributed by atoms with Gasteiger partial charge in [-0.2, -0.15) is 0 Å². The van der Waals surface area contributed by atoms with E-state index in [4.69, 9.17) is 9.47 Å². The Balaban J connectivity index is 2.01. The molecule has 98 valence electrons. The second-order valence-electron chi connectivity index (χ2n) is 4.14. The Bertz CT molecular complexity index is 403. The maximum absolute atomic E-state index is 12.0. The molecule has 1 fully saturated rings. The monoisotopic (exact) mass is 250 g/mol. The van der Waals surface area contributed by atoms with Crippen molar-refractivity contribution in [3.8, 4) is 0 Å². The number of amides is 1. The summed E-state index contributed by atoms with van der Waals surface area (Å²) in [4.78, 5) is 12.0. The minimum absolute atomic E-state index is 0.120. The molecule has 5 nitrogen and oxygen atoms in total. The van der Waals surface area contributed by atoms with Crippen LogP contribution in [0.5, 0.6) is 0 Å². The molecule has 0 spiro atoms. The Hall–Kier alpha value is -1.43. The van der Waals surface area contributed by atoms with E-state index in [1.165, 1.54) is 0 Å². The average molecular weight is 250 g/mol. The molecule has 1 saturated heterocycles. The molecule has 1 aromatic rings. The highest BCUT2D eigenvalue weighted by Crippen LogP contribution is 2.16. The third-order valence-corrected chi connectivity index (χ3v) is 2.80. The molecule has 0 aliphatic carbocycles. The van der Waals surface area contributed by atoms with Crippen LogP contribution in [0.3, 0.4) is 0 Å². The number of hydrogen-bond acceptors (Lipinski definition) is 4. The predicted octanol–water partition coefficient (Wildman–Crippen LogP) is 0.760. The number of rotatable bonds is 4. The fraction of sp³-hybridized carbons (Fsp3) is 0.462. The third kappa shape index (κ3) is 3.29. The van der Waals surface area contributed by atoms with Crippen molar-refractivity contribution in [2.24, 2.45) is 0 Å². The predicted molar refractivity (Wildman–Crippen MR) is 68.4 cm³/mol. The number of para-hydroxylation sites is 1. The van der Waals surface area contributed by atoms with Gasteiger partial charge in [-0.3, -0.25) is 4.79 Å². The minimum Gasteiger partial charge on any atom is -0.380 e. The maximum Gasteiger partial charge on any atom is 0.254 e. The number of ether oxygens (including phenoxy) is 2. The molecule has 2 rings (SSSR count). The molecule has 0 bridgehead atoms. The topological polar surface area (TPSA) is 59.6 Å². The first-order valence-electron chi connectivity index (χ1n) is 6.01. The smallest absolute Gasteiger partial charge is 0.254 e. The molecule has 1 heterocycles. The second-order valence-corrected chi connectivity index (χ2v) is 4.14. The number of anilines is 1. The molecule has 18 heavy (non-hydrogen) atoms. The minimum atomic E-state index is -0.422. The lowest BCUT2D eigenvalue weighted by atomic mass is 10.1. The molecule has 1 amide bonds. The van der Waals surface area contributed by atoms with E-state index in [1.54, 1.807) is 7.11 Å². The molecule has 1 aliphatic rings. The Morgan fingerprint density at radius 3 is 3.11 bits per heavy atom. The van der Waals surface area contributed by atoms with Gasteiger partial charge in [0.1, 0.15) is 6.10 Å². The van der Waals surface area contributed by atoms with E-state index in [-0.39, 0.29) is 5.91 Å². The molecule has 1 aliphatic heterocycles. The van der Waals surface area contributed by atoms with Crippen molar-refractivity contribution in [1.82, 2.24) is 5.32 Å². The molecule has 1 aromatic carbocycles. The van der Waals surface area contributed by atoms with E-state index in [9.17, 15) is 4.79 Å². The van der Waals surface area contributed by atoms with Crippen LogP contribution in [-0.4, -0.2) is 38.8 Å². The lowest BCUT2D eigenvalue weighted by Gasteiger charge is -2.23. The average Bonchev–Trinajstić information content (AvgIpc) is 2.42. The van der Waals surface area contributed by atoms with E-state index in [0.717, 1.165) is 17.8 Å². The van der Waals surface area contributed by atoms with Crippen LogP contribution in [0.1, 0.15) is 5.56 Å². The Kier molecular flexibility index (Phi) is 4.69. The van der Waals surface area contributed by atoms with Gasteiger partial charge in [-0.15, -0.1) is 0 Å². The van der Waals surface area contributed by atoms with E-state index >= 15 is 0 Å². The highest BCUT2D eigenvalue weighted by molar-refractivity contribution is 5.95. The fourth-order valence-electron chi connectivity index (χ4n) is 1.87. The van der Waals surface area contributed by atoms with Gasteiger partial charge in [-0.05, 0) is 6.07 Å². The largest absolute Gasteiger partial charge is 0.380 e. The van der Waals surface area contributed by atoms with Crippen molar-refractivity contribution in [3.05, 3.63) is 29.8 Å². The number of benzene rings is 1. The highest BCUT2D eigenvalue weighted by Gasteiger charge is 2.22. The quantitative estimate of drug-likeness (QED) is 0.828. The number of methoxy groups -OCH3 is 1. The van der Waals surface area contributed by atoms with Gasteiger partial charge < -0.3 is 20.1 Å². The van der Waals surface area contributed by atoms with E-state index < -0.39 is 6.10 Å². The molecule has 1 atom stereocenters. The molecule has 0 aromatic heterocycles. The summed E-state index contributed by atoms with van der Waals surface area (Å²) < 4.78 is 10.5. The number of hydrogen-bond donors (Lipinski definition) is 2. The van der Waals surface area contributed by atoms with Gasteiger partial charge in [0.2, 0.25) is 0 Å². The first kappa shape index (κ1) is 13.0. The van der Waals surface area contributed by atoms with Gasteiger partial charge in [-0.1, -0.05) is 18.2 Å². The Morgan fingerprint density at radius 2 is 2.39 bits per heavy atom. The van der Waals surface area contributed by atoms with Gasteiger partial charge >= 0.3 is 0 Å². The fourth-order valence-corrected chi connectivity index (χ4v) is 1.87. The van der Waals surface area contributed by atoms with Crippen LogP contribution < -0.4 is 10.6 Å². The van der Waals surface area contributed by atoms with Crippen LogP contribution in [-0.2, 0) is 20.9 Å². The van der Waals surface area contributed by atoms with Crippen molar-refractivity contribution >= 4 is 11.6 Å². The molecule has 5 heteroatoms. The van der Waals surface area contributed by atoms with Crippen molar-refractivity contribution in [1.29, 1.82) is 0 Å². The third-order valence-electron chi connectivity index (χ3n) is 2.80. The van der Waals surface area contributed by atoms with Gasteiger partial charge in [0.05, 0.1) is 13.2 Å². The highest BCUT2D eigenvalue weighted by atomic mass is 16.5. The van der Waals surface area contributed by atoms with Gasteiger partial charge in [0.15, 0.2) is 0 Å². The van der Waals surface area contributed by atoms with Crippen molar-refractivity contribution in [2.45, 2.75) is 12.7 Å². The van der Waals surface area contributed by atoms with Crippen molar-refractivity contribution < 1.29 is 14.3 Å². The summed E-state index contributed by atoms with van der Waals surface area (Å²) >= 11 is 0. The van der Waals surface area contributed by atoms with Crippen LogP contribution in [0.15, 0.2) is 24.3 Å².